The van der Waals surface area contributed by atoms with Crippen LogP contribution in [0.15, 0.2) is 12.1 Å². The second kappa shape index (κ2) is 5.88. The van der Waals surface area contributed by atoms with Crippen LogP contribution in [-0.2, 0) is 9.53 Å². The van der Waals surface area contributed by atoms with Gasteiger partial charge in [0.1, 0.15) is 5.60 Å². The molecule has 2 aliphatic rings. The lowest BCUT2D eigenvalue weighted by Crippen LogP contribution is -2.54. The number of amides is 1. The summed E-state index contributed by atoms with van der Waals surface area (Å²) in [4.78, 5) is 21.4. The van der Waals surface area contributed by atoms with Gasteiger partial charge in [0.25, 0.3) is 5.91 Å². The van der Waals surface area contributed by atoms with Crippen molar-refractivity contribution < 1.29 is 9.53 Å². The molecule has 3 heterocycles. The summed E-state index contributed by atoms with van der Waals surface area (Å²) in [6.07, 6.45) is 1.83. The average molecular weight is 303 g/mol. The summed E-state index contributed by atoms with van der Waals surface area (Å²) in [5, 5.41) is 0. The van der Waals surface area contributed by atoms with Crippen molar-refractivity contribution >= 4 is 11.6 Å². The lowest BCUT2D eigenvalue weighted by molar-refractivity contribution is -0.151. The Morgan fingerprint density at radius 1 is 1.18 bits per heavy atom. The molecular weight excluding hydrogens is 278 g/mol. The number of hydrogen-bond donors (Lipinski definition) is 0. The second-order valence-corrected chi connectivity index (χ2v) is 6.57. The molecule has 2 aliphatic heterocycles. The van der Waals surface area contributed by atoms with E-state index in [1.807, 2.05) is 25.7 Å². The summed E-state index contributed by atoms with van der Waals surface area (Å²) in [6.45, 7) is 9.94. The highest BCUT2D eigenvalue weighted by Gasteiger charge is 2.41. The second-order valence-electron chi connectivity index (χ2n) is 6.57. The maximum Gasteiger partial charge on any atom is 0.254 e. The standard InChI is InChI=1S/C17H25N3O2/c1-13-11-15(12-14(2)18-13)19-6-8-20(9-7-19)16(21)17(3)5-4-10-22-17/h11-12H,4-10H2,1-3H3/t17-/m0/s1. The zero-order chi connectivity index (χ0) is 15.7. The van der Waals surface area contributed by atoms with Crippen LogP contribution < -0.4 is 4.90 Å². The number of aromatic nitrogens is 1. The fourth-order valence-corrected chi connectivity index (χ4v) is 3.44. The fraction of sp³-hybridized carbons (Fsp3) is 0.647. The molecule has 0 aliphatic carbocycles. The van der Waals surface area contributed by atoms with E-state index in [-0.39, 0.29) is 5.91 Å². The van der Waals surface area contributed by atoms with E-state index in [0.29, 0.717) is 6.61 Å². The summed E-state index contributed by atoms with van der Waals surface area (Å²) in [7, 11) is 0. The highest BCUT2D eigenvalue weighted by atomic mass is 16.5. The van der Waals surface area contributed by atoms with Crippen molar-refractivity contribution in [3.8, 4) is 0 Å². The van der Waals surface area contributed by atoms with Crippen LogP contribution in [0.3, 0.4) is 0 Å². The zero-order valence-corrected chi connectivity index (χ0v) is 13.8. The lowest BCUT2D eigenvalue weighted by Gasteiger charge is -2.39. The average Bonchev–Trinajstić information content (AvgIpc) is 2.94. The number of anilines is 1. The van der Waals surface area contributed by atoms with Gasteiger partial charge in [-0.1, -0.05) is 0 Å². The molecule has 0 saturated carbocycles. The number of rotatable bonds is 2. The Kier molecular flexibility index (Phi) is 4.08. The molecule has 0 radical (unpaired) electrons. The van der Waals surface area contributed by atoms with Crippen molar-refractivity contribution in [2.45, 2.75) is 39.2 Å². The summed E-state index contributed by atoms with van der Waals surface area (Å²) in [6, 6.07) is 4.23. The minimum atomic E-state index is -0.591. The molecule has 0 aromatic carbocycles. The highest BCUT2D eigenvalue weighted by Crippen LogP contribution is 2.28. The van der Waals surface area contributed by atoms with E-state index in [1.54, 1.807) is 0 Å². The normalized spacial score (nSPS) is 25.6. The first-order valence-corrected chi connectivity index (χ1v) is 8.11. The van der Waals surface area contributed by atoms with Crippen molar-refractivity contribution in [2.75, 3.05) is 37.7 Å². The smallest absolute Gasteiger partial charge is 0.254 e. The number of piperazine rings is 1. The molecule has 0 bridgehead atoms. The Bertz CT molecular complexity index is 539. The minimum Gasteiger partial charge on any atom is -0.368 e. The van der Waals surface area contributed by atoms with Gasteiger partial charge in [0.2, 0.25) is 0 Å². The van der Waals surface area contributed by atoms with Crippen LogP contribution in [0.5, 0.6) is 0 Å². The molecule has 2 saturated heterocycles. The van der Waals surface area contributed by atoms with Gasteiger partial charge in [-0.05, 0) is 45.7 Å². The van der Waals surface area contributed by atoms with E-state index in [9.17, 15) is 4.79 Å². The molecule has 1 aromatic heterocycles. The molecule has 1 aromatic rings. The predicted octanol–water partition coefficient (Wildman–Crippen LogP) is 1.92. The van der Waals surface area contributed by atoms with E-state index < -0.39 is 5.60 Å². The number of ether oxygens (including phenoxy) is 1. The van der Waals surface area contributed by atoms with Gasteiger partial charge in [-0.25, -0.2) is 0 Å². The Morgan fingerprint density at radius 3 is 2.36 bits per heavy atom. The molecule has 22 heavy (non-hydrogen) atoms. The molecule has 3 rings (SSSR count). The first kappa shape index (κ1) is 15.3. The van der Waals surface area contributed by atoms with Crippen LogP contribution in [0.2, 0.25) is 0 Å². The predicted molar refractivity (Wildman–Crippen MR) is 86.1 cm³/mol. The van der Waals surface area contributed by atoms with E-state index in [2.05, 4.69) is 22.0 Å². The first-order chi connectivity index (χ1) is 10.5. The molecule has 5 nitrogen and oxygen atoms in total. The molecule has 1 atom stereocenters. The van der Waals surface area contributed by atoms with E-state index >= 15 is 0 Å². The fourth-order valence-electron chi connectivity index (χ4n) is 3.44. The number of hydrogen-bond acceptors (Lipinski definition) is 4. The summed E-state index contributed by atoms with van der Waals surface area (Å²) < 4.78 is 5.69. The van der Waals surface area contributed by atoms with Crippen LogP contribution in [-0.4, -0.2) is 54.2 Å². The molecule has 0 N–H and O–H groups in total. The third kappa shape index (κ3) is 2.95. The first-order valence-electron chi connectivity index (χ1n) is 8.11. The largest absolute Gasteiger partial charge is 0.368 e. The van der Waals surface area contributed by atoms with Gasteiger partial charge >= 0.3 is 0 Å². The van der Waals surface area contributed by atoms with Crippen molar-refractivity contribution in [3.05, 3.63) is 23.5 Å². The summed E-state index contributed by atoms with van der Waals surface area (Å²) >= 11 is 0. The highest BCUT2D eigenvalue weighted by molar-refractivity contribution is 5.85. The molecular formula is C17H25N3O2. The van der Waals surface area contributed by atoms with Crippen LogP contribution in [0, 0.1) is 13.8 Å². The molecule has 5 heteroatoms. The van der Waals surface area contributed by atoms with Crippen molar-refractivity contribution in [1.29, 1.82) is 0 Å². The summed E-state index contributed by atoms with van der Waals surface area (Å²) in [5.41, 5.74) is 2.70. The monoisotopic (exact) mass is 303 g/mol. The zero-order valence-electron chi connectivity index (χ0n) is 13.8. The Labute approximate surface area is 132 Å². The van der Waals surface area contributed by atoms with Crippen LogP contribution in [0.25, 0.3) is 0 Å². The Hall–Kier alpha value is -1.62. The van der Waals surface area contributed by atoms with Crippen molar-refractivity contribution in [3.63, 3.8) is 0 Å². The summed E-state index contributed by atoms with van der Waals surface area (Å²) in [5.74, 6) is 0.159. The Balaban J connectivity index is 1.64. The minimum absolute atomic E-state index is 0.159. The van der Waals surface area contributed by atoms with Crippen molar-refractivity contribution in [1.82, 2.24) is 9.88 Å². The third-order valence-corrected chi connectivity index (χ3v) is 4.67. The van der Waals surface area contributed by atoms with Gasteiger partial charge in [0, 0.05) is 49.9 Å². The van der Waals surface area contributed by atoms with E-state index in [4.69, 9.17) is 4.74 Å². The van der Waals surface area contributed by atoms with Crippen molar-refractivity contribution in [2.24, 2.45) is 0 Å². The Morgan fingerprint density at radius 2 is 1.82 bits per heavy atom. The van der Waals surface area contributed by atoms with Gasteiger partial charge in [-0.15, -0.1) is 0 Å². The lowest BCUT2D eigenvalue weighted by atomic mass is 10.0. The van der Waals surface area contributed by atoms with Gasteiger partial charge in [-0.2, -0.15) is 0 Å². The van der Waals surface area contributed by atoms with Crippen LogP contribution >= 0.6 is 0 Å². The molecule has 120 valence electrons. The third-order valence-electron chi connectivity index (χ3n) is 4.67. The van der Waals surface area contributed by atoms with Gasteiger partial charge in [0.05, 0.1) is 0 Å². The van der Waals surface area contributed by atoms with Gasteiger partial charge in [-0.3, -0.25) is 9.78 Å². The number of pyridine rings is 1. The maximum absolute atomic E-state index is 12.6. The van der Waals surface area contributed by atoms with Gasteiger partial charge in [0.15, 0.2) is 0 Å². The van der Waals surface area contributed by atoms with E-state index in [1.165, 1.54) is 5.69 Å². The SMILES string of the molecule is Cc1cc(N2CCN(C(=O)[C@]3(C)CCCO3)CC2)cc(C)n1. The maximum atomic E-state index is 12.6. The van der Waals surface area contributed by atoms with Crippen LogP contribution in [0.1, 0.15) is 31.2 Å². The number of nitrogens with zero attached hydrogens (tertiary/aromatic N) is 3. The molecule has 0 unspecified atom stereocenters. The quantitative estimate of drug-likeness (QED) is 0.837. The van der Waals surface area contributed by atoms with Gasteiger partial charge < -0.3 is 14.5 Å². The number of carbonyl (C=O) groups excluding carboxylic acids is 1. The molecule has 2 fully saturated rings. The van der Waals surface area contributed by atoms with E-state index in [0.717, 1.165) is 50.4 Å². The topological polar surface area (TPSA) is 45.7 Å². The number of carbonyl (C=O) groups is 1. The number of aryl methyl sites for hydroxylation is 2. The molecule has 1 amide bonds. The van der Waals surface area contributed by atoms with Crippen LogP contribution in [0.4, 0.5) is 5.69 Å². The molecule has 0 spiro atoms.